The molecule has 2 unspecified atom stereocenters. The third-order valence-electron chi connectivity index (χ3n) is 3.85. The van der Waals surface area contributed by atoms with Crippen LogP contribution in [0.15, 0.2) is 22.7 Å². The third-order valence-corrected chi connectivity index (χ3v) is 4.62. The number of hydrogen-bond acceptors (Lipinski definition) is 2. The van der Waals surface area contributed by atoms with Crippen LogP contribution in [0.3, 0.4) is 0 Å². The van der Waals surface area contributed by atoms with Gasteiger partial charge in [0.25, 0.3) is 0 Å². The van der Waals surface area contributed by atoms with Crippen LogP contribution >= 0.6 is 15.9 Å². The van der Waals surface area contributed by atoms with Gasteiger partial charge in [0.2, 0.25) is 0 Å². The molecule has 0 saturated carbocycles. The second kappa shape index (κ2) is 7.91. The molecule has 0 amide bonds. The highest BCUT2D eigenvalue weighted by atomic mass is 79.9. The number of halogens is 1. The molecule has 0 radical (unpaired) electrons. The van der Waals surface area contributed by atoms with E-state index in [2.05, 4.69) is 61.1 Å². The maximum Gasteiger partial charge on any atom is 0.119 e. The fraction of sp³-hybridized carbons (Fsp3) is 0.625. The minimum absolute atomic E-state index is 0.494. The molecule has 0 aliphatic carbocycles. The number of rotatable bonds is 7. The maximum absolute atomic E-state index is 5.32. The molecule has 0 saturated heterocycles. The first-order chi connectivity index (χ1) is 8.99. The van der Waals surface area contributed by atoms with Gasteiger partial charge in [-0.1, -0.05) is 43.6 Å². The van der Waals surface area contributed by atoms with E-state index in [1.165, 1.54) is 5.56 Å². The van der Waals surface area contributed by atoms with Gasteiger partial charge in [0, 0.05) is 10.5 Å². The number of benzene rings is 1. The second-order valence-electron chi connectivity index (χ2n) is 5.43. The summed E-state index contributed by atoms with van der Waals surface area (Å²) in [6.45, 7) is 10.1. The normalized spacial score (nSPS) is 14.5. The zero-order valence-electron chi connectivity index (χ0n) is 12.7. The summed E-state index contributed by atoms with van der Waals surface area (Å²) < 4.78 is 6.48. The molecular weight excluding hydrogens is 302 g/mol. The smallest absolute Gasteiger partial charge is 0.119 e. The quantitative estimate of drug-likeness (QED) is 0.807. The number of ether oxygens (including phenoxy) is 1. The Morgan fingerprint density at radius 1 is 1.26 bits per heavy atom. The van der Waals surface area contributed by atoms with Crippen molar-refractivity contribution in [1.82, 2.24) is 5.32 Å². The summed E-state index contributed by atoms with van der Waals surface area (Å²) in [6.07, 6.45) is 1.02. The summed E-state index contributed by atoms with van der Waals surface area (Å²) in [5, 5.41) is 3.62. The van der Waals surface area contributed by atoms with Crippen LogP contribution in [-0.2, 0) is 6.42 Å². The lowest BCUT2D eigenvalue weighted by molar-refractivity contribution is 0.300. The Morgan fingerprint density at radius 2 is 1.95 bits per heavy atom. The van der Waals surface area contributed by atoms with Gasteiger partial charge in [-0.25, -0.2) is 0 Å². The molecule has 0 heterocycles. The van der Waals surface area contributed by atoms with Crippen molar-refractivity contribution in [2.75, 3.05) is 13.7 Å². The molecule has 1 rings (SSSR count). The molecule has 1 aromatic rings. The van der Waals surface area contributed by atoms with Gasteiger partial charge in [0.05, 0.1) is 7.11 Å². The van der Waals surface area contributed by atoms with Crippen molar-refractivity contribution >= 4 is 15.9 Å². The van der Waals surface area contributed by atoms with Crippen molar-refractivity contribution < 1.29 is 4.74 Å². The van der Waals surface area contributed by atoms with Gasteiger partial charge >= 0.3 is 0 Å². The highest BCUT2D eigenvalue weighted by molar-refractivity contribution is 9.10. The molecule has 0 fully saturated rings. The van der Waals surface area contributed by atoms with Crippen LogP contribution in [0.5, 0.6) is 5.75 Å². The van der Waals surface area contributed by atoms with Crippen molar-refractivity contribution in [3.63, 3.8) is 0 Å². The van der Waals surface area contributed by atoms with Crippen LogP contribution in [0.1, 0.15) is 33.3 Å². The van der Waals surface area contributed by atoms with E-state index < -0.39 is 0 Å². The van der Waals surface area contributed by atoms with Gasteiger partial charge in [0.15, 0.2) is 0 Å². The molecule has 3 heteroatoms. The predicted molar refractivity (Wildman–Crippen MR) is 85.9 cm³/mol. The van der Waals surface area contributed by atoms with E-state index in [1.54, 1.807) is 7.11 Å². The molecule has 1 aromatic carbocycles. The van der Waals surface area contributed by atoms with E-state index in [9.17, 15) is 0 Å². The van der Waals surface area contributed by atoms with Crippen LogP contribution in [0, 0.1) is 11.8 Å². The zero-order chi connectivity index (χ0) is 14.4. The molecule has 0 aromatic heterocycles. The minimum Gasteiger partial charge on any atom is -0.497 e. The van der Waals surface area contributed by atoms with E-state index in [0.717, 1.165) is 23.2 Å². The number of likely N-dealkylation sites (N-methyl/N-ethyl adjacent to an activating group) is 1. The van der Waals surface area contributed by atoms with E-state index in [1.807, 2.05) is 6.07 Å². The highest BCUT2D eigenvalue weighted by Crippen LogP contribution is 2.26. The Balaban J connectivity index is 2.89. The first-order valence-electron chi connectivity index (χ1n) is 7.05. The lowest BCUT2D eigenvalue weighted by Crippen LogP contribution is -2.39. The maximum atomic E-state index is 5.32. The average Bonchev–Trinajstić information content (AvgIpc) is 2.39. The Labute approximate surface area is 126 Å². The number of nitrogens with one attached hydrogen (secondary N) is 1. The van der Waals surface area contributed by atoms with Gasteiger partial charge < -0.3 is 10.1 Å². The summed E-state index contributed by atoms with van der Waals surface area (Å²) in [6, 6.07) is 6.67. The SMILES string of the molecule is CCNC(Cc1cc(OC)ccc1Br)C(C)C(C)C. The van der Waals surface area contributed by atoms with E-state index in [4.69, 9.17) is 4.74 Å². The van der Waals surface area contributed by atoms with Gasteiger partial charge in [-0.3, -0.25) is 0 Å². The van der Waals surface area contributed by atoms with Crippen LogP contribution < -0.4 is 10.1 Å². The van der Waals surface area contributed by atoms with Crippen molar-refractivity contribution in [2.45, 2.75) is 40.2 Å². The molecule has 0 aliphatic heterocycles. The van der Waals surface area contributed by atoms with Crippen molar-refractivity contribution in [3.05, 3.63) is 28.2 Å². The number of methoxy groups -OCH3 is 1. The van der Waals surface area contributed by atoms with Gasteiger partial charge in [-0.05, 0) is 48.6 Å². The van der Waals surface area contributed by atoms with Crippen molar-refractivity contribution in [3.8, 4) is 5.75 Å². The molecule has 0 bridgehead atoms. The van der Waals surface area contributed by atoms with Gasteiger partial charge in [-0.15, -0.1) is 0 Å². The third kappa shape index (κ3) is 4.81. The lowest BCUT2D eigenvalue weighted by atomic mass is 9.86. The zero-order valence-corrected chi connectivity index (χ0v) is 14.3. The summed E-state index contributed by atoms with van der Waals surface area (Å²) >= 11 is 3.64. The predicted octanol–water partition coefficient (Wildman–Crippen LogP) is 4.27. The first kappa shape index (κ1) is 16.5. The van der Waals surface area contributed by atoms with Crippen molar-refractivity contribution in [1.29, 1.82) is 0 Å². The molecule has 0 spiro atoms. The summed E-state index contributed by atoms with van der Waals surface area (Å²) in [5.41, 5.74) is 1.30. The molecular formula is C16H26BrNO. The fourth-order valence-electron chi connectivity index (χ4n) is 2.24. The van der Waals surface area contributed by atoms with Crippen LogP contribution in [0.25, 0.3) is 0 Å². The van der Waals surface area contributed by atoms with Gasteiger partial charge in [0.1, 0.15) is 5.75 Å². The van der Waals surface area contributed by atoms with Crippen LogP contribution in [0.2, 0.25) is 0 Å². The molecule has 2 nitrogen and oxygen atoms in total. The Bertz CT molecular complexity index is 392. The van der Waals surface area contributed by atoms with E-state index in [-0.39, 0.29) is 0 Å². The average molecular weight is 328 g/mol. The van der Waals surface area contributed by atoms with Crippen molar-refractivity contribution in [2.24, 2.45) is 11.8 Å². The minimum atomic E-state index is 0.494. The monoisotopic (exact) mass is 327 g/mol. The summed E-state index contributed by atoms with van der Waals surface area (Å²) in [4.78, 5) is 0. The Morgan fingerprint density at radius 3 is 2.47 bits per heavy atom. The van der Waals surface area contributed by atoms with E-state index in [0.29, 0.717) is 17.9 Å². The lowest BCUT2D eigenvalue weighted by Gasteiger charge is -2.28. The highest BCUT2D eigenvalue weighted by Gasteiger charge is 2.20. The first-order valence-corrected chi connectivity index (χ1v) is 7.84. The molecule has 19 heavy (non-hydrogen) atoms. The second-order valence-corrected chi connectivity index (χ2v) is 6.28. The molecule has 1 N–H and O–H groups in total. The largest absolute Gasteiger partial charge is 0.497 e. The van der Waals surface area contributed by atoms with Crippen LogP contribution in [0.4, 0.5) is 0 Å². The van der Waals surface area contributed by atoms with E-state index >= 15 is 0 Å². The fourth-order valence-corrected chi connectivity index (χ4v) is 2.65. The molecule has 0 aliphatic rings. The van der Waals surface area contributed by atoms with Crippen LogP contribution in [-0.4, -0.2) is 19.7 Å². The summed E-state index contributed by atoms with van der Waals surface area (Å²) in [5.74, 6) is 2.23. The van der Waals surface area contributed by atoms with Gasteiger partial charge in [-0.2, -0.15) is 0 Å². The Kier molecular flexibility index (Phi) is 6.87. The molecule has 2 atom stereocenters. The topological polar surface area (TPSA) is 21.3 Å². The summed E-state index contributed by atoms with van der Waals surface area (Å²) in [7, 11) is 1.71. The molecule has 108 valence electrons. The standard InChI is InChI=1S/C16H26BrNO/c1-6-18-16(12(4)11(2)3)10-13-9-14(19-5)7-8-15(13)17/h7-9,11-12,16,18H,6,10H2,1-5H3. The Hall–Kier alpha value is -0.540. The number of hydrogen-bond donors (Lipinski definition) is 1.